The lowest BCUT2D eigenvalue weighted by molar-refractivity contribution is -0.313. The zero-order valence-electron chi connectivity index (χ0n) is 20.5. The van der Waals surface area contributed by atoms with Gasteiger partial charge in [-0.15, -0.1) is 0 Å². The lowest BCUT2D eigenvalue weighted by Crippen LogP contribution is -2.62. The van der Waals surface area contributed by atoms with Gasteiger partial charge in [-0.1, -0.05) is 18.2 Å². The van der Waals surface area contributed by atoms with E-state index in [1.165, 1.54) is 36.4 Å². The van der Waals surface area contributed by atoms with Gasteiger partial charge in [-0.3, -0.25) is 4.79 Å². The molecule has 2 aromatic carbocycles. The first-order valence-electron chi connectivity index (χ1n) is 12.0. The van der Waals surface area contributed by atoms with Gasteiger partial charge in [-0.25, -0.2) is 0 Å². The summed E-state index contributed by atoms with van der Waals surface area (Å²) in [5.41, 5.74) is -1.37. The molecule has 0 aliphatic carbocycles. The Balaban J connectivity index is 1.41. The minimum Gasteiger partial charge on any atom is -0.508 e. The van der Waals surface area contributed by atoms with Gasteiger partial charge in [0.25, 0.3) is 0 Å². The third kappa shape index (κ3) is 6.22. The number of phenolic OH excluding ortho intramolecular Hbond substituents is 2. The number of aliphatic hydroxyl groups is 6. The predicted molar refractivity (Wildman–Crippen MR) is 131 cm³/mol. The van der Waals surface area contributed by atoms with Gasteiger partial charge in [0.2, 0.25) is 6.29 Å². The lowest BCUT2D eigenvalue weighted by atomic mass is 9.98. The second kappa shape index (κ2) is 12.0. The van der Waals surface area contributed by atoms with Gasteiger partial charge in [0.05, 0.1) is 25.4 Å². The van der Waals surface area contributed by atoms with E-state index in [0.29, 0.717) is 5.56 Å². The number of hydrogen-bond donors (Lipinski definition) is 8. The molecule has 0 spiro atoms. The zero-order chi connectivity index (χ0) is 28.3. The predicted octanol–water partition coefficient (Wildman–Crippen LogP) is -1.36. The second-order valence-corrected chi connectivity index (χ2v) is 9.28. The van der Waals surface area contributed by atoms with Gasteiger partial charge in [-0.2, -0.15) is 0 Å². The molecule has 0 radical (unpaired) electrons. The molecule has 8 N–H and O–H groups in total. The normalized spacial score (nSPS) is 32.9. The number of carbonyl (C=O) groups is 1. The van der Waals surface area contributed by atoms with E-state index < -0.39 is 80.1 Å². The number of ether oxygens (including phenoxy) is 4. The number of benzene rings is 2. The molecule has 2 fully saturated rings. The molecule has 13 nitrogen and oxygen atoms in total. The maximum atomic E-state index is 12.5. The fourth-order valence-corrected chi connectivity index (χ4v) is 4.16. The van der Waals surface area contributed by atoms with E-state index in [4.69, 9.17) is 18.9 Å². The van der Waals surface area contributed by atoms with Crippen LogP contribution in [0.3, 0.4) is 0 Å². The second-order valence-electron chi connectivity index (χ2n) is 9.28. The minimum absolute atomic E-state index is 0.0265. The van der Waals surface area contributed by atoms with Crippen LogP contribution in [0.2, 0.25) is 0 Å². The number of rotatable bonds is 9. The van der Waals surface area contributed by atoms with E-state index in [1.54, 1.807) is 12.1 Å². The Morgan fingerprint density at radius 3 is 2.36 bits per heavy atom. The molecule has 2 aliphatic heterocycles. The molecule has 0 saturated carbocycles. The molecule has 8 atom stereocenters. The summed E-state index contributed by atoms with van der Waals surface area (Å²) in [5, 5.41) is 80.3. The van der Waals surface area contributed by atoms with Gasteiger partial charge in [0.1, 0.15) is 53.4 Å². The van der Waals surface area contributed by atoms with Crippen molar-refractivity contribution in [2.75, 3.05) is 19.8 Å². The minimum atomic E-state index is -1.99. The summed E-state index contributed by atoms with van der Waals surface area (Å²) in [6, 6.07) is 9.86. The van der Waals surface area contributed by atoms with Crippen molar-refractivity contribution in [1.29, 1.82) is 0 Å². The summed E-state index contributed by atoms with van der Waals surface area (Å²) in [7, 11) is 0. The highest BCUT2D eigenvalue weighted by atomic mass is 16.7. The van der Waals surface area contributed by atoms with Crippen LogP contribution in [0.1, 0.15) is 15.9 Å². The molecular formula is C26H30O13. The summed E-state index contributed by atoms with van der Waals surface area (Å²) >= 11 is 0. The van der Waals surface area contributed by atoms with Gasteiger partial charge in [0.15, 0.2) is 12.1 Å². The van der Waals surface area contributed by atoms with E-state index in [9.17, 15) is 45.6 Å². The maximum absolute atomic E-state index is 12.5. The summed E-state index contributed by atoms with van der Waals surface area (Å²) in [6.07, 6.45) is -8.09. The first-order valence-corrected chi connectivity index (χ1v) is 12.0. The molecule has 212 valence electrons. The van der Waals surface area contributed by atoms with Crippen molar-refractivity contribution in [3.05, 3.63) is 59.7 Å². The topological polar surface area (TPSA) is 216 Å². The van der Waals surface area contributed by atoms with Crippen LogP contribution in [-0.2, 0) is 14.2 Å². The largest absolute Gasteiger partial charge is 0.508 e. The third-order valence-corrected chi connectivity index (χ3v) is 6.50. The summed E-state index contributed by atoms with van der Waals surface area (Å²) in [5.74, 6) is -0.887. The highest BCUT2D eigenvalue weighted by Crippen LogP contribution is 2.32. The molecule has 39 heavy (non-hydrogen) atoms. The highest BCUT2D eigenvalue weighted by Gasteiger charge is 2.53. The molecule has 2 aliphatic rings. The monoisotopic (exact) mass is 550 g/mol. The quantitative estimate of drug-likeness (QED) is 0.134. The molecule has 13 heteroatoms. The van der Waals surface area contributed by atoms with Crippen molar-refractivity contribution in [1.82, 2.24) is 0 Å². The molecule has 2 saturated heterocycles. The number of phenols is 2. The number of allylic oxidation sites excluding steroid dienone is 1. The lowest BCUT2D eigenvalue weighted by Gasteiger charge is -2.42. The Morgan fingerprint density at radius 1 is 1.03 bits per heavy atom. The first-order chi connectivity index (χ1) is 18.6. The Kier molecular flexibility index (Phi) is 8.86. The number of ketones is 1. The van der Waals surface area contributed by atoms with Crippen molar-refractivity contribution in [2.45, 2.75) is 48.7 Å². The van der Waals surface area contributed by atoms with E-state index >= 15 is 0 Å². The number of carbonyl (C=O) groups excluding carboxylic acids is 1. The van der Waals surface area contributed by atoms with Gasteiger partial charge in [-0.05, 0) is 35.9 Å². The van der Waals surface area contributed by atoms with Crippen molar-refractivity contribution in [2.24, 2.45) is 0 Å². The molecule has 2 heterocycles. The van der Waals surface area contributed by atoms with Crippen LogP contribution in [-0.4, -0.2) is 115 Å². The van der Waals surface area contributed by atoms with Crippen LogP contribution < -0.4 is 4.74 Å². The average Bonchev–Trinajstić information content (AvgIpc) is 3.21. The molecule has 0 unspecified atom stereocenters. The van der Waals surface area contributed by atoms with Crippen LogP contribution in [0.15, 0.2) is 48.5 Å². The van der Waals surface area contributed by atoms with Crippen molar-refractivity contribution in [3.8, 4) is 17.2 Å². The fourth-order valence-electron chi connectivity index (χ4n) is 4.16. The average molecular weight is 551 g/mol. The molecule has 0 aromatic heterocycles. The standard InChI is InChI=1S/C26H30O13/c27-10-19-22(39-25-23(34)26(35,11-28)12-36-25)20(32)21(33)24(38-19)37-15-6-7-16(18(31)9-15)17(30)8-3-13-1-4-14(29)5-2-13/h1-9,19-25,27-29,31-35H,10-12H2/b8-3+/t19-,20-,21-,22-,23+,24+,25+,26-/m1/s1. The Morgan fingerprint density at radius 2 is 1.74 bits per heavy atom. The molecule has 0 bridgehead atoms. The SMILES string of the molecule is O=C(/C=C/c1ccc(O)cc1)c1ccc(O[C@H]2O[C@H](CO)[C@@H](O[C@@H]3OC[C@](O)(CO)[C@H]3O)[C@H](O)[C@H]2O)cc1O. The zero-order valence-corrected chi connectivity index (χ0v) is 20.5. The number of hydrogen-bond acceptors (Lipinski definition) is 13. The first kappa shape index (κ1) is 28.9. The number of aliphatic hydroxyl groups excluding tert-OH is 5. The summed E-state index contributed by atoms with van der Waals surface area (Å²) in [6.45, 7) is -1.97. The highest BCUT2D eigenvalue weighted by molar-refractivity contribution is 6.08. The van der Waals surface area contributed by atoms with Gasteiger partial charge < -0.3 is 59.8 Å². The van der Waals surface area contributed by atoms with E-state index in [0.717, 1.165) is 6.07 Å². The Labute approximate surface area is 222 Å². The Hall–Kier alpha value is -3.11. The van der Waals surface area contributed by atoms with Crippen LogP contribution in [0.4, 0.5) is 0 Å². The summed E-state index contributed by atoms with van der Waals surface area (Å²) in [4.78, 5) is 12.5. The van der Waals surface area contributed by atoms with E-state index in [2.05, 4.69) is 0 Å². The van der Waals surface area contributed by atoms with Crippen LogP contribution in [0, 0.1) is 0 Å². The third-order valence-electron chi connectivity index (χ3n) is 6.50. The van der Waals surface area contributed by atoms with E-state index in [1.807, 2.05) is 0 Å². The van der Waals surface area contributed by atoms with Crippen molar-refractivity contribution in [3.63, 3.8) is 0 Å². The van der Waals surface area contributed by atoms with Gasteiger partial charge >= 0.3 is 0 Å². The maximum Gasteiger partial charge on any atom is 0.229 e. The van der Waals surface area contributed by atoms with Crippen molar-refractivity contribution < 1.29 is 64.6 Å². The van der Waals surface area contributed by atoms with Crippen molar-refractivity contribution >= 4 is 11.9 Å². The molecule has 4 rings (SSSR count). The molecule has 0 amide bonds. The van der Waals surface area contributed by atoms with Crippen LogP contribution in [0.5, 0.6) is 17.2 Å². The smallest absolute Gasteiger partial charge is 0.229 e. The Bertz CT molecular complexity index is 1170. The molecule has 2 aromatic rings. The van der Waals surface area contributed by atoms with Gasteiger partial charge in [0, 0.05) is 6.07 Å². The number of aromatic hydroxyl groups is 2. The van der Waals surface area contributed by atoms with E-state index in [-0.39, 0.29) is 17.1 Å². The molecular weight excluding hydrogens is 520 g/mol. The summed E-state index contributed by atoms with van der Waals surface area (Å²) < 4.78 is 21.7. The van der Waals surface area contributed by atoms with Crippen LogP contribution in [0.25, 0.3) is 6.08 Å². The fraction of sp³-hybridized carbons (Fsp3) is 0.423. The van der Waals surface area contributed by atoms with Crippen LogP contribution >= 0.6 is 0 Å².